The van der Waals surface area contributed by atoms with Crippen molar-refractivity contribution in [3.63, 3.8) is 0 Å². The van der Waals surface area contributed by atoms with Gasteiger partial charge in [-0.1, -0.05) is 23.5 Å². The van der Waals surface area contributed by atoms with Gasteiger partial charge >= 0.3 is 0 Å². The number of carbonyl (C=O) groups excluding carboxylic acids is 1. The standard InChI is InChI=1S/C22H28N4O3S3/c1-16-9-10-17-19(15-16)31-22(23-17)25(12-6-11-24(2)3)21(27)18-7-4-13-26(18)32(28,29)20-8-5-14-30-20/h5,8-10,14-15,18H,4,6-7,11-13H2,1-3H3. The summed E-state index contributed by atoms with van der Waals surface area (Å²) in [5.41, 5.74) is 2.00. The van der Waals surface area contributed by atoms with E-state index in [2.05, 4.69) is 11.0 Å². The molecular formula is C22H28N4O3S3. The van der Waals surface area contributed by atoms with Gasteiger partial charge in [0.1, 0.15) is 10.3 Å². The molecule has 7 nitrogen and oxygen atoms in total. The molecule has 0 N–H and O–H groups in total. The molecule has 172 valence electrons. The number of carbonyl (C=O) groups is 1. The van der Waals surface area contributed by atoms with Crippen LogP contribution in [-0.4, -0.2) is 68.3 Å². The number of aromatic nitrogens is 1. The van der Waals surface area contributed by atoms with Gasteiger partial charge in [0.05, 0.1) is 10.2 Å². The minimum Gasteiger partial charge on any atom is -0.309 e. The molecule has 0 spiro atoms. The van der Waals surface area contributed by atoms with Crippen LogP contribution in [0.1, 0.15) is 24.8 Å². The van der Waals surface area contributed by atoms with Crippen LogP contribution in [0.5, 0.6) is 0 Å². The fourth-order valence-corrected chi connectivity index (χ4v) is 7.83. The van der Waals surface area contributed by atoms with Crippen molar-refractivity contribution in [2.45, 2.75) is 36.4 Å². The molecule has 10 heteroatoms. The molecule has 1 aliphatic rings. The highest BCUT2D eigenvalue weighted by Crippen LogP contribution is 2.33. The molecule has 1 fully saturated rings. The number of anilines is 1. The van der Waals surface area contributed by atoms with Crippen molar-refractivity contribution in [3.05, 3.63) is 41.3 Å². The zero-order valence-electron chi connectivity index (χ0n) is 18.5. The highest BCUT2D eigenvalue weighted by Gasteiger charge is 2.42. The number of hydrogen-bond acceptors (Lipinski definition) is 7. The number of thiazole rings is 1. The second-order valence-electron chi connectivity index (χ2n) is 8.32. The van der Waals surface area contributed by atoms with Gasteiger partial charge in [0.25, 0.3) is 10.0 Å². The quantitative estimate of drug-likeness (QED) is 0.478. The number of hydrogen-bond donors (Lipinski definition) is 0. The lowest BCUT2D eigenvalue weighted by Gasteiger charge is -2.28. The number of rotatable bonds is 8. The predicted molar refractivity (Wildman–Crippen MR) is 131 cm³/mol. The van der Waals surface area contributed by atoms with Crippen molar-refractivity contribution in [3.8, 4) is 0 Å². The minimum atomic E-state index is -3.69. The lowest BCUT2D eigenvalue weighted by atomic mass is 10.2. The molecule has 1 aliphatic heterocycles. The minimum absolute atomic E-state index is 0.183. The lowest BCUT2D eigenvalue weighted by Crippen LogP contribution is -2.48. The molecule has 0 saturated carbocycles. The Morgan fingerprint density at radius 3 is 2.78 bits per heavy atom. The first-order valence-electron chi connectivity index (χ1n) is 10.7. The maximum Gasteiger partial charge on any atom is 0.253 e. The van der Waals surface area contributed by atoms with Gasteiger partial charge in [0.2, 0.25) is 5.91 Å². The molecule has 1 unspecified atom stereocenters. The van der Waals surface area contributed by atoms with Crippen molar-refractivity contribution >= 4 is 54.0 Å². The Hall–Kier alpha value is -1.85. The summed E-state index contributed by atoms with van der Waals surface area (Å²) in [6, 6.07) is 8.68. The van der Waals surface area contributed by atoms with Crippen LogP contribution in [0, 0.1) is 6.92 Å². The van der Waals surface area contributed by atoms with E-state index in [0.29, 0.717) is 31.1 Å². The summed E-state index contributed by atoms with van der Waals surface area (Å²) in [6.45, 7) is 3.72. The van der Waals surface area contributed by atoms with Gasteiger partial charge in [0, 0.05) is 13.1 Å². The van der Waals surface area contributed by atoms with E-state index in [4.69, 9.17) is 4.98 Å². The monoisotopic (exact) mass is 492 g/mol. The largest absolute Gasteiger partial charge is 0.309 e. The van der Waals surface area contributed by atoms with Crippen LogP contribution in [0.3, 0.4) is 0 Å². The summed E-state index contributed by atoms with van der Waals surface area (Å²) in [5.74, 6) is -0.183. The molecule has 1 aromatic carbocycles. The highest BCUT2D eigenvalue weighted by molar-refractivity contribution is 7.91. The maximum absolute atomic E-state index is 13.8. The molecule has 1 atom stereocenters. The van der Waals surface area contributed by atoms with E-state index in [-0.39, 0.29) is 10.1 Å². The Bertz CT molecular complexity index is 1190. The van der Waals surface area contributed by atoms with Gasteiger partial charge in [-0.3, -0.25) is 9.69 Å². The van der Waals surface area contributed by atoms with Crippen molar-refractivity contribution in [1.82, 2.24) is 14.2 Å². The number of thiophene rings is 1. The SMILES string of the molecule is Cc1ccc2nc(N(CCCN(C)C)C(=O)C3CCCN3S(=O)(=O)c3cccs3)sc2c1. The fourth-order valence-electron chi connectivity index (χ4n) is 3.96. The first kappa shape index (κ1) is 23.3. The Morgan fingerprint density at radius 2 is 2.06 bits per heavy atom. The second kappa shape index (κ2) is 9.56. The van der Waals surface area contributed by atoms with Gasteiger partial charge in [-0.05, 0) is 76.0 Å². The van der Waals surface area contributed by atoms with Crippen LogP contribution in [0.15, 0.2) is 39.9 Å². The molecule has 3 heterocycles. The lowest BCUT2D eigenvalue weighted by molar-refractivity contribution is -0.121. The first-order chi connectivity index (χ1) is 15.3. The van der Waals surface area contributed by atoms with Crippen molar-refractivity contribution in [2.75, 3.05) is 38.6 Å². The van der Waals surface area contributed by atoms with Crippen molar-refractivity contribution in [2.24, 2.45) is 0 Å². The maximum atomic E-state index is 13.8. The molecule has 2 aromatic heterocycles. The molecule has 1 amide bonds. The third-order valence-corrected chi connectivity index (χ3v) is 9.89. The third kappa shape index (κ3) is 4.74. The van der Waals surface area contributed by atoms with Crippen LogP contribution in [-0.2, 0) is 14.8 Å². The van der Waals surface area contributed by atoms with Gasteiger partial charge < -0.3 is 4.90 Å². The van der Waals surface area contributed by atoms with Crippen LogP contribution in [0.2, 0.25) is 0 Å². The second-order valence-corrected chi connectivity index (χ2v) is 12.4. The number of aryl methyl sites for hydroxylation is 1. The predicted octanol–water partition coefficient (Wildman–Crippen LogP) is 3.80. The van der Waals surface area contributed by atoms with E-state index in [0.717, 1.165) is 28.7 Å². The summed E-state index contributed by atoms with van der Waals surface area (Å²) in [4.78, 5) is 22.3. The van der Waals surface area contributed by atoms with E-state index in [1.54, 1.807) is 22.4 Å². The van der Waals surface area contributed by atoms with Gasteiger partial charge in [-0.25, -0.2) is 13.4 Å². The van der Waals surface area contributed by atoms with Gasteiger partial charge in [-0.2, -0.15) is 4.31 Å². The van der Waals surface area contributed by atoms with E-state index in [1.165, 1.54) is 27.0 Å². The molecule has 4 rings (SSSR count). The summed E-state index contributed by atoms with van der Waals surface area (Å²) in [6.07, 6.45) is 1.97. The Balaban J connectivity index is 1.65. The average molecular weight is 493 g/mol. The van der Waals surface area contributed by atoms with E-state index in [9.17, 15) is 13.2 Å². The highest BCUT2D eigenvalue weighted by atomic mass is 32.2. The molecule has 3 aromatic rings. The van der Waals surface area contributed by atoms with Gasteiger partial charge in [0.15, 0.2) is 5.13 Å². The van der Waals surface area contributed by atoms with Crippen LogP contribution in [0.25, 0.3) is 10.2 Å². The number of benzene rings is 1. The van der Waals surface area contributed by atoms with Crippen molar-refractivity contribution in [1.29, 1.82) is 0 Å². The number of nitrogens with zero attached hydrogens (tertiary/aromatic N) is 4. The average Bonchev–Trinajstić information content (AvgIpc) is 3.50. The molecule has 0 aliphatic carbocycles. The molecular weight excluding hydrogens is 464 g/mol. The number of amides is 1. The Kier molecular flexibility index (Phi) is 6.97. The van der Waals surface area contributed by atoms with E-state index in [1.807, 2.05) is 33.2 Å². The Labute approximate surface area is 197 Å². The summed E-state index contributed by atoms with van der Waals surface area (Å²) >= 11 is 2.67. The molecule has 32 heavy (non-hydrogen) atoms. The molecule has 0 bridgehead atoms. The third-order valence-electron chi connectivity index (χ3n) is 5.56. The van der Waals surface area contributed by atoms with Crippen molar-refractivity contribution < 1.29 is 13.2 Å². The zero-order valence-corrected chi connectivity index (χ0v) is 21.0. The summed E-state index contributed by atoms with van der Waals surface area (Å²) in [7, 11) is 0.308. The number of sulfonamides is 1. The zero-order chi connectivity index (χ0) is 22.9. The van der Waals surface area contributed by atoms with Crippen LogP contribution < -0.4 is 4.90 Å². The fraction of sp³-hybridized carbons (Fsp3) is 0.455. The van der Waals surface area contributed by atoms with E-state index >= 15 is 0 Å². The van der Waals surface area contributed by atoms with Crippen LogP contribution >= 0.6 is 22.7 Å². The first-order valence-corrected chi connectivity index (χ1v) is 13.8. The smallest absolute Gasteiger partial charge is 0.253 e. The normalized spacial score (nSPS) is 17.4. The molecule has 0 radical (unpaired) electrons. The molecule has 1 saturated heterocycles. The topological polar surface area (TPSA) is 73.8 Å². The van der Waals surface area contributed by atoms with E-state index < -0.39 is 16.1 Å². The van der Waals surface area contributed by atoms with Crippen LogP contribution in [0.4, 0.5) is 5.13 Å². The van der Waals surface area contributed by atoms with Gasteiger partial charge in [-0.15, -0.1) is 11.3 Å². The number of fused-ring (bicyclic) bond motifs is 1. The Morgan fingerprint density at radius 1 is 1.25 bits per heavy atom. The summed E-state index contributed by atoms with van der Waals surface area (Å²) in [5, 5.41) is 2.38. The summed E-state index contributed by atoms with van der Waals surface area (Å²) < 4.78 is 29.1.